The molecule has 0 heterocycles. The number of rotatable bonds is 11. The van der Waals surface area contributed by atoms with Crippen LogP contribution in [-0.2, 0) is 26.2 Å². The van der Waals surface area contributed by atoms with Gasteiger partial charge in [0.05, 0.1) is 29.1 Å². The lowest BCUT2D eigenvalue weighted by Crippen LogP contribution is -2.51. The van der Waals surface area contributed by atoms with Crippen LogP contribution in [0.2, 0.25) is 10.0 Å². The molecule has 198 valence electrons. The molecular formula is C25H33Cl2N3O5S. The van der Waals surface area contributed by atoms with Gasteiger partial charge in [-0.25, -0.2) is 8.42 Å². The summed E-state index contributed by atoms with van der Waals surface area (Å²) in [4.78, 5) is 27.9. The van der Waals surface area contributed by atoms with E-state index in [2.05, 4.69) is 5.32 Å². The normalized spacial score (nSPS) is 12.2. The van der Waals surface area contributed by atoms with E-state index in [1.165, 1.54) is 12.0 Å². The number of benzene rings is 2. The van der Waals surface area contributed by atoms with E-state index >= 15 is 0 Å². The van der Waals surface area contributed by atoms with E-state index in [0.717, 1.165) is 16.1 Å². The van der Waals surface area contributed by atoms with E-state index in [1.54, 1.807) is 43.3 Å². The Morgan fingerprint density at radius 2 is 1.72 bits per heavy atom. The van der Waals surface area contributed by atoms with Crippen LogP contribution >= 0.6 is 23.2 Å². The first-order valence-corrected chi connectivity index (χ1v) is 14.0. The van der Waals surface area contributed by atoms with Gasteiger partial charge in [0, 0.05) is 13.1 Å². The van der Waals surface area contributed by atoms with Crippen LogP contribution in [-0.4, -0.2) is 57.6 Å². The van der Waals surface area contributed by atoms with Crippen LogP contribution in [0, 0.1) is 12.8 Å². The Bertz CT molecular complexity index is 1200. The summed E-state index contributed by atoms with van der Waals surface area (Å²) < 4.78 is 31.9. The van der Waals surface area contributed by atoms with Crippen molar-refractivity contribution in [2.75, 3.05) is 30.8 Å². The highest BCUT2D eigenvalue weighted by Crippen LogP contribution is 2.31. The van der Waals surface area contributed by atoms with E-state index in [1.807, 2.05) is 20.8 Å². The van der Waals surface area contributed by atoms with Crippen molar-refractivity contribution in [3.05, 3.63) is 57.6 Å². The largest absolute Gasteiger partial charge is 0.495 e. The van der Waals surface area contributed by atoms with Crippen molar-refractivity contribution in [2.45, 2.75) is 40.3 Å². The number of methoxy groups -OCH3 is 1. The second-order valence-corrected chi connectivity index (χ2v) is 11.8. The summed E-state index contributed by atoms with van der Waals surface area (Å²) in [6.07, 6.45) is 1.02. The topological polar surface area (TPSA) is 96.0 Å². The minimum Gasteiger partial charge on any atom is -0.495 e. The Kier molecular flexibility index (Phi) is 10.5. The van der Waals surface area contributed by atoms with Crippen LogP contribution in [0.3, 0.4) is 0 Å². The molecule has 0 aromatic heterocycles. The highest BCUT2D eigenvalue weighted by atomic mass is 35.5. The lowest BCUT2D eigenvalue weighted by Gasteiger charge is -2.32. The van der Waals surface area contributed by atoms with Gasteiger partial charge in [-0.2, -0.15) is 0 Å². The quantitative estimate of drug-likeness (QED) is 0.445. The maximum Gasteiger partial charge on any atom is 0.244 e. The predicted octanol–water partition coefficient (Wildman–Crippen LogP) is 4.27. The minimum absolute atomic E-state index is 0.0224. The van der Waals surface area contributed by atoms with Gasteiger partial charge in [-0.1, -0.05) is 49.2 Å². The van der Waals surface area contributed by atoms with Crippen molar-refractivity contribution in [2.24, 2.45) is 5.92 Å². The third-order valence-electron chi connectivity index (χ3n) is 5.47. The minimum atomic E-state index is -3.88. The number of aryl methyl sites for hydroxylation is 1. The number of nitrogens with zero attached hydrogens (tertiary/aromatic N) is 2. The molecule has 11 heteroatoms. The van der Waals surface area contributed by atoms with Crippen molar-refractivity contribution in [3.8, 4) is 5.75 Å². The third kappa shape index (κ3) is 8.01. The van der Waals surface area contributed by atoms with Gasteiger partial charge in [-0.15, -0.1) is 0 Å². The van der Waals surface area contributed by atoms with E-state index in [0.29, 0.717) is 27.9 Å². The summed E-state index contributed by atoms with van der Waals surface area (Å²) in [5, 5.41) is 3.50. The Balaban J connectivity index is 2.46. The molecule has 0 aliphatic carbocycles. The van der Waals surface area contributed by atoms with Gasteiger partial charge in [0.2, 0.25) is 21.8 Å². The zero-order chi connectivity index (χ0) is 27.2. The van der Waals surface area contributed by atoms with Crippen molar-refractivity contribution < 1.29 is 22.7 Å². The summed E-state index contributed by atoms with van der Waals surface area (Å²) in [7, 11) is -2.46. The van der Waals surface area contributed by atoms with Crippen molar-refractivity contribution in [1.82, 2.24) is 10.2 Å². The smallest absolute Gasteiger partial charge is 0.244 e. The van der Waals surface area contributed by atoms with Gasteiger partial charge >= 0.3 is 0 Å². The molecule has 0 saturated heterocycles. The summed E-state index contributed by atoms with van der Waals surface area (Å²) in [6, 6.07) is 9.09. The first-order chi connectivity index (χ1) is 16.7. The number of carbonyl (C=O) groups is 2. The van der Waals surface area contributed by atoms with Gasteiger partial charge in [0.25, 0.3) is 0 Å². The molecule has 1 unspecified atom stereocenters. The van der Waals surface area contributed by atoms with Crippen LogP contribution < -0.4 is 14.4 Å². The number of carbonyl (C=O) groups excluding carboxylic acids is 2. The Labute approximate surface area is 223 Å². The molecule has 0 aliphatic heterocycles. The first-order valence-electron chi connectivity index (χ1n) is 11.4. The molecule has 8 nitrogen and oxygen atoms in total. The van der Waals surface area contributed by atoms with Crippen LogP contribution in [0.5, 0.6) is 5.75 Å². The maximum atomic E-state index is 13.6. The van der Waals surface area contributed by atoms with Crippen molar-refractivity contribution in [3.63, 3.8) is 0 Å². The molecule has 36 heavy (non-hydrogen) atoms. The third-order valence-corrected chi connectivity index (χ3v) is 7.34. The number of anilines is 1. The Morgan fingerprint density at radius 3 is 2.28 bits per heavy atom. The molecular weight excluding hydrogens is 525 g/mol. The number of hydrogen-bond donors (Lipinski definition) is 1. The lowest BCUT2D eigenvalue weighted by molar-refractivity contribution is -0.139. The van der Waals surface area contributed by atoms with Gasteiger partial charge in [0.1, 0.15) is 18.3 Å². The number of halogens is 2. The van der Waals surface area contributed by atoms with Crippen molar-refractivity contribution in [1.29, 1.82) is 0 Å². The fourth-order valence-corrected chi connectivity index (χ4v) is 4.63. The van der Waals surface area contributed by atoms with E-state index in [9.17, 15) is 18.0 Å². The first kappa shape index (κ1) is 29.7. The molecule has 0 bridgehead atoms. The molecule has 1 atom stereocenters. The van der Waals surface area contributed by atoms with E-state index in [4.69, 9.17) is 27.9 Å². The van der Waals surface area contributed by atoms with Crippen LogP contribution in [0.1, 0.15) is 31.9 Å². The summed E-state index contributed by atoms with van der Waals surface area (Å²) >= 11 is 12.2. The molecule has 0 fully saturated rings. The predicted molar refractivity (Wildman–Crippen MR) is 144 cm³/mol. The second kappa shape index (κ2) is 12.7. The Morgan fingerprint density at radius 1 is 1.06 bits per heavy atom. The second-order valence-electron chi connectivity index (χ2n) is 9.03. The molecule has 0 radical (unpaired) electrons. The molecule has 2 aromatic rings. The zero-order valence-electron chi connectivity index (χ0n) is 21.3. The summed E-state index contributed by atoms with van der Waals surface area (Å²) in [5.41, 5.74) is 1.67. The molecule has 2 aromatic carbocycles. The van der Waals surface area contributed by atoms with E-state index < -0.39 is 28.5 Å². The number of nitrogens with one attached hydrogen (secondary N) is 1. The van der Waals surface area contributed by atoms with Gasteiger partial charge in [-0.3, -0.25) is 13.9 Å². The molecule has 0 spiro atoms. The summed E-state index contributed by atoms with van der Waals surface area (Å²) in [6.45, 7) is 7.27. The fraction of sp³-hybridized carbons (Fsp3) is 0.440. The SMILES string of the molecule is COc1ccc(C)cc1N(CC(=O)N(Cc1ccc(Cl)c(Cl)c1)C(C)C(=O)NCC(C)C)S(C)(=O)=O. The highest BCUT2D eigenvalue weighted by molar-refractivity contribution is 7.92. The van der Waals surface area contributed by atoms with Crippen molar-refractivity contribution >= 4 is 50.7 Å². The molecule has 2 amide bonds. The van der Waals surface area contributed by atoms with Crippen LogP contribution in [0.25, 0.3) is 0 Å². The van der Waals surface area contributed by atoms with Crippen LogP contribution in [0.15, 0.2) is 36.4 Å². The number of hydrogen-bond acceptors (Lipinski definition) is 5. The molecule has 1 N–H and O–H groups in total. The average Bonchev–Trinajstić information content (AvgIpc) is 2.80. The van der Waals surface area contributed by atoms with Crippen LogP contribution in [0.4, 0.5) is 5.69 Å². The number of amides is 2. The average molecular weight is 559 g/mol. The van der Waals surface area contributed by atoms with E-state index in [-0.39, 0.29) is 24.1 Å². The zero-order valence-corrected chi connectivity index (χ0v) is 23.7. The molecule has 0 saturated carbocycles. The number of sulfonamides is 1. The molecule has 0 aliphatic rings. The maximum absolute atomic E-state index is 13.6. The summed E-state index contributed by atoms with van der Waals surface area (Å²) in [5.74, 6) is -0.397. The van der Waals surface area contributed by atoms with Gasteiger partial charge in [0.15, 0.2) is 0 Å². The monoisotopic (exact) mass is 557 g/mol. The van der Waals surface area contributed by atoms with Gasteiger partial charge in [-0.05, 0) is 55.2 Å². The van der Waals surface area contributed by atoms with Gasteiger partial charge < -0.3 is 15.0 Å². The standard InChI is InChI=1S/C25H33Cl2N3O5S/c1-16(2)13-28-25(32)18(4)29(14-19-8-9-20(26)21(27)12-19)24(31)15-30(36(6,33)34)22-11-17(3)7-10-23(22)35-5/h7-12,16,18H,13-15H2,1-6H3,(H,28,32). The highest BCUT2D eigenvalue weighted by Gasteiger charge is 2.31. The fourth-order valence-electron chi connectivity index (χ4n) is 3.46. The number of ether oxygens (including phenoxy) is 1. The lowest BCUT2D eigenvalue weighted by atomic mass is 10.1. The Hall–Kier alpha value is -2.49. The molecule has 2 rings (SSSR count).